The molecule has 4 nitrogen and oxygen atoms in total. The van der Waals surface area contributed by atoms with Crippen LogP contribution in [0.15, 0.2) is 89.5 Å². The van der Waals surface area contributed by atoms with Crippen molar-refractivity contribution in [2.45, 2.75) is 19.5 Å². The number of quaternary nitrogens is 1. The zero-order chi connectivity index (χ0) is 18.5. The average molecular weight is 356 g/mol. The molecule has 1 heterocycles. The molecule has 4 heteroatoms. The van der Waals surface area contributed by atoms with Crippen LogP contribution in [0.1, 0.15) is 28.6 Å². The molecule has 27 heavy (non-hydrogen) atoms. The molecule has 0 aliphatic carbocycles. The molecule has 134 valence electrons. The lowest BCUT2D eigenvalue weighted by Gasteiger charge is -2.16. The number of aromatic nitrogens is 2. The molecule has 0 spiro atoms. The fourth-order valence-corrected chi connectivity index (χ4v) is 3.16. The van der Waals surface area contributed by atoms with Gasteiger partial charge in [-0.3, -0.25) is 0 Å². The summed E-state index contributed by atoms with van der Waals surface area (Å²) in [5.41, 5.74) is 4.74. The van der Waals surface area contributed by atoms with Gasteiger partial charge >= 0.3 is 0 Å². The van der Waals surface area contributed by atoms with Crippen molar-refractivity contribution < 1.29 is 9.84 Å². The minimum Gasteiger partial charge on any atom is -0.333 e. The van der Waals surface area contributed by atoms with Gasteiger partial charge in [-0.2, -0.15) is 4.98 Å². The maximum atomic E-state index is 5.47. The molecule has 0 amide bonds. The number of aryl methyl sites for hydroxylation is 1. The first-order chi connectivity index (χ1) is 13.3. The molecule has 0 saturated carbocycles. The number of nitrogens with zero attached hydrogens (tertiary/aromatic N) is 2. The summed E-state index contributed by atoms with van der Waals surface area (Å²) >= 11 is 0. The minimum absolute atomic E-state index is 0.180. The first kappa shape index (κ1) is 17.2. The van der Waals surface area contributed by atoms with Crippen LogP contribution in [0.2, 0.25) is 0 Å². The second-order valence-corrected chi connectivity index (χ2v) is 6.62. The number of nitrogens with two attached hydrogens (primary N) is 1. The van der Waals surface area contributed by atoms with Gasteiger partial charge in [0.1, 0.15) is 6.04 Å². The van der Waals surface area contributed by atoms with Gasteiger partial charge in [0.15, 0.2) is 6.54 Å². The van der Waals surface area contributed by atoms with Crippen molar-refractivity contribution >= 4 is 0 Å². The summed E-state index contributed by atoms with van der Waals surface area (Å²) in [7, 11) is 0. The standard InChI is InChI=1S/C23H21N3O/c1-17-12-14-19(15-13-17)22(18-8-4-2-5-9-18)24-16-21-25-23(26-27-21)20-10-6-3-7-11-20/h2-15,22,24H,16H2,1H3/p+1/t22-/m1/s1. The molecular formula is C23H22N3O+. The molecule has 4 aromatic rings. The number of benzene rings is 3. The first-order valence-electron chi connectivity index (χ1n) is 9.12. The molecule has 4 rings (SSSR count). The van der Waals surface area contributed by atoms with Crippen LogP contribution in [0.25, 0.3) is 11.4 Å². The third-order valence-corrected chi connectivity index (χ3v) is 4.62. The van der Waals surface area contributed by atoms with Crippen LogP contribution < -0.4 is 5.32 Å². The molecule has 0 saturated heterocycles. The van der Waals surface area contributed by atoms with Gasteiger partial charge in [-0.25, -0.2) is 0 Å². The minimum atomic E-state index is 0.180. The van der Waals surface area contributed by atoms with E-state index in [0.29, 0.717) is 18.3 Å². The normalized spacial score (nSPS) is 12.0. The van der Waals surface area contributed by atoms with Crippen molar-refractivity contribution in [3.05, 3.63) is 108 Å². The average Bonchev–Trinajstić information content (AvgIpc) is 3.20. The highest BCUT2D eigenvalue weighted by atomic mass is 16.5. The van der Waals surface area contributed by atoms with E-state index in [2.05, 4.69) is 70.9 Å². The summed E-state index contributed by atoms with van der Waals surface area (Å²) in [6.45, 7) is 2.72. The number of hydrogen-bond acceptors (Lipinski definition) is 3. The molecule has 0 fully saturated rings. The van der Waals surface area contributed by atoms with Crippen molar-refractivity contribution in [3.63, 3.8) is 0 Å². The van der Waals surface area contributed by atoms with Gasteiger partial charge in [-0.15, -0.1) is 0 Å². The SMILES string of the molecule is Cc1ccc([C@H]([NH2+]Cc2nc(-c3ccccc3)no2)c2ccccc2)cc1. The highest BCUT2D eigenvalue weighted by Gasteiger charge is 2.19. The zero-order valence-corrected chi connectivity index (χ0v) is 15.2. The second-order valence-electron chi connectivity index (χ2n) is 6.62. The van der Waals surface area contributed by atoms with Gasteiger partial charge in [0.25, 0.3) is 5.89 Å². The van der Waals surface area contributed by atoms with Crippen molar-refractivity contribution in [2.75, 3.05) is 0 Å². The van der Waals surface area contributed by atoms with Crippen LogP contribution in [-0.2, 0) is 6.54 Å². The van der Waals surface area contributed by atoms with Crippen LogP contribution in [0.5, 0.6) is 0 Å². The third-order valence-electron chi connectivity index (χ3n) is 4.62. The largest absolute Gasteiger partial charge is 0.333 e. The highest BCUT2D eigenvalue weighted by Crippen LogP contribution is 2.19. The molecular weight excluding hydrogens is 334 g/mol. The molecule has 0 aliphatic rings. The summed E-state index contributed by atoms with van der Waals surface area (Å²) in [5, 5.41) is 6.35. The topological polar surface area (TPSA) is 55.5 Å². The van der Waals surface area contributed by atoms with Crippen LogP contribution in [0, 0.1) is 6.92 Å². The predicted molar refractivity (Wildman–Crippen MR) is 105 cm³/mol. The lowest BCUT2D eigenvalue weighted by molar-refractivity contribution is -0.704. The van der Waals surface area contributed by atoms with Crippen LogP contribution >= 0.6 is 0 Å². The van der Waals surface area contributed by atoms with Crippen LogP contribution in [-0.4, -0.2) is 10.1 Å². The Kier molecular flexibility index (Phi) is 5.08. The lowest BCUT2D eigenvalue weighted by atomic mass is 9.98. The molecule has 0 aliphatic heterocycles. The molecule has 0 bridgehead atoms. The molecule has 3 aromatic carbocycles. The van der Waals surface area contributed by atoms with Crippen molar-refractivity contribution in [1.82, 2.24) is 10.1 Å². The Morgan fingerprint density at radius 2 is 1.44 bits per heavy atom. The lowest BCUT2D eigenvalue weighted by Crippen LogP contribution is -2.84. The first-order valence-corrected chi connectivity index (χ1v) is 9.12. The van der Waals surface area contributed by atoms with Gasteiger partial charge in [-0.1, -0.05) is 95.6 Å². The molecule has 0 unspecified atom stereocenters. The molecule has 1 aromatic heterocycles. The van der Waals surface area contributed by atoms with Crippen molar-refractivity contribution in [2.24, 2.45) is 0 Å². The van der Waals surface area contributed by atoms with E-state index in [1.54, 1.807) is 0 Å². The Labute approximate surface area is 158 Å². The molecule has 1 atom stereocenters. The van der Waals surface area contributed by atoms with E-state index in [1.165, 1.54) is 16.7 Å². The van der Waals surface area contributed by atoms with E-state index in [9.17, 15) is 0 Å². The van der Waals surface area contributed by atoms with E-state index in [1.807, 2.05) is 36.4 Å². The number of hydrogen-bond donors (Lipinski definition) is 1. The Morgan fingerprint density at radius 3 is 2.15 bits per heavy atom. The fraction of sp³-hybridized carbons (Fsp3) is 0.130. The Hall–Kier alpha value is -3.24. The summed E-state index contributed by atoms with van der Waals surface area (Å²) in [6.07, 6.45) is 0. The monoisotopic (exact) mass is 356 g/mol. The van der Waals surface area contributed by atoms with E-state index >= 15 is 0 Å². The van der Waals surface area contributed by atoms with Gasteiger partial charge in [0, 0.05) is 16.7 Å². The smallest absolute Gasteiger partial charge is 0.282 e. The fourth-order valence-electron chi connectivity index (χ4n) is 3.16. The van der Waals surface area contributed by atoms with Gasteiger partial charge in [-0.05, 0) is 6.92 Å². The maximum Gasteiger partial charge on any atom is 0.282 e. The van der Waals surface area contributed by atoms with E-state index in [4.69, 9.17) is 4.52 Å². The van der Waals surface area contributed by atoms with E-state index < -0.39 is 0 Å². The highest BCUT2D eigenvalue weighted by molar-refractivity contribution is 5.53. The summed E-state index contributed by atoms with van der Waals surface area (Å²) < 4.78 is 5.47. The van der Waals surface area contributed by atoms with Crippen LogP contribution in [0.3, 0.4) is 0 Å². The van der Waals surface area contributed by atoms with Gasteiger partial charge in [0.2, 0.25) is 5.82 Å². The summed E-state index contributed by atoms with van der Waals surface area (Å²) in [5.74, 6) is 1.26. The van der Waals surface area contributed by atoms with Gasteiger partial charge < -0.3 is 9.84 Å². The van der Waals surface area contributed by atoms with Crippen LogP contribution in [0.4, 0.5) is 0 Å². The number of rotatable bonds is 6. The van der Waals surface area contributed by atoms with Crippen molar-refractivity contribution in [3.8, 4) is 11.4 Å². The molecule has 0 radical (unpaired) electrons. The third kappa shape index (κ3) is 4.13. The Morgan fingerprint density at radius 1 is 0.815 bits per heavy atom. The predicted octanol–water partition coefficient (Wildman–Crippen LogP) is 3.90. The quantitative estimate of drug-likeness (QED) is 0.570. The van der Waals surface area contributed by atoms with Gasteiger partial charge in [0.05, 0.1) is 0 Å². The molecule has 2 N–H and O–H groups in total. The second kappa shape index (κ2) is 7.98. The maximum absolute atomic E-state index is 5.47. The Balaban J connectivity index is 1.54. The van der Waals surface area contributed by atoms with Crippen molar-refractivity contribution in [1.29, 1.82) is 0 Å². The van der Waals surface area contributed by atoms with E-state index in [-0.39, 0.29) is 6.04 Å². The summed E-state index contributed by atoms with van der Waals surface area (Å²) in [4.78, 5) is 4.54. The zero-order valence-electron chi connectivity index (χ0n) is 15.2. The summed E-state index contributed by atoms with van der Waals surface area (Å²) in [6, 6.07) is 29.3. The Bertz CT molecular complexity index is 979. The van der Waals surface area contributed by atoms with E-state index in [0.717, 1.165) is 5.56 Å².